The maximum Gasteiger partial charge on any atom is 0.408 e. The van der Waals surface area contributed by atoms with E-state index in [1.54, 1.807) is 39.1 Å². The number of esters is 1. The maximum absolute atomic E-state index is 13.0. The first-order chi connectivity index (χ1) is 14.1. The molecule has 0 aliphatic rings. The van der Waals surface area contributed by atoms with Crippen molar-refractivity contribution in [2.24, 2.45) is 0 Å². The summed E-state index contributed by atoms with van der Waals surface area (Å²) in [7, 11) is 1.23. The molecule has 0 spiro atoms. The summed E-state index contributed by atoms with van der Waals surface area (Å²) in [5.74, 6) is -1.17. The molecule has 0 fully saturated rings. The molecule has 0 bridgehead atoms. The van der Waals surface area contributed by atoms with Gasteiger partial charge in [-0.3, -0.25) is 4.79 Å². The Kier molecular flexibility index (Phi) is 8.24. The first kappa shape index (κ1) is 23.7. The van der Waals surface area contributed by atoms with E-state index in [4.69, 9.17) is 21.1 Å². The number of halogens is 1. The fraction of sp³-hybridized carbons (Fsp3) is 0.474. The smallest absolute Gasteiger partial charge is 0.408 e. The van der Waals surface area contributed by atoms with E-state index in [1.807, 2.05) is 0 Å². The van der Waals surface area contributed by atoms with Crippen molar-refractivity contribution in [1.82, 2.24) is 20.6 Å². The third kappa shape index (κ3) is 7.68. The number of nitrogens with one attached hydrogen (secondary N) is 3. The number of carbonyl (C=O) groups excluding carboxylic acids is 3. The summed E-state index contributed by atoms with van der Waals surface area (Å²) in [6.45, 7) is 5.16. The number of amides is 2. The minimum absolute atomic E-state index is 0.155. The van der Waals surface area contributed by atoms with Crippen molar-refractivity contribution in [3.63, 3.8) is 0 Å². The molecule has 0 aliphatic heterocycles. The SMILES string of the molecule is COC(=O)[C@H](Cc1cnc[nH]1)NC(=O)[C@H](Cc1ccc(Cl)s1)NC(=O)OC(C)(C)C. The number of H-pyrrole nitrogens is 1. The zero-order valence-electron chi connectivity index (χ0n) is 17.2. The van der Waals surface area contributed by atoms with Crippen LogP contribution in [0.1, 0.15) is 31.3 Å². The average Bonchev–Trinajstić information content (AvgIpc) is 3.30. The molecule has 0 unspecified atom stereocenters. The number of aromatic nitrogens is 2. The minimum Gasteiger partial charge on any atom is -0.467 e. The number of ether oxygens (including phenoxy) is 2. The van der Waals surface area contributed by atoms with E-state index in [0.717, 1.165) is 4.88 Å². The topological polar surface area (TPSA) is 122 Å². The van der Waals surface area contributed by atoms with Crippen LogP contribution in [-0.2, 0) is 31.9 Å². The Bertz CT molecular complexity index is 863. The van der Waals surface area contributed by atoms with Crippen molar-refractivity contribution >= 4 is 40.9 Å². The molecule has 164 valence electrons. The van der Waals surface area contributed by atoms with Crippen LogP contribution in [0.2, 0.25) is 4.34 Å². The molecule has 3 N–H and O–H groups in total. The first-order valence-corrected chi connectivity index (χ1v) is 10.4. The molecule has 0 radical (unpaired) electrons. The van der Waals surface area contributed by atoms with Gasteiger partial charge in [-0.25, -0.2) is 14.6 Å². The fourth-order valence-corrected chi connectivity index (χ4v) is 3.68. The van der Waals surface area contributed by atoms with E-state index in [0.29, 0.717) is 10.0 Å². The molecule has 0 aromatic carbocycles. The average molecular weight is 457 g/mol. The molecule has 2 heterocycles. The summed E-state index contributed by atoms with van der Waals surface area (Å²) in [6.07, 6.45) is 2.61. The van der Waals surface area contributed by atoms with Gasteiger partial charge in [0.1, 0.15) is 17.7 Å². The predicted octanol–water partition coefficient (Wildman–Crippen LogP) is 2.46. The highest BCUT2D eigenvalue weighted by atomic mass is 35.5. The van der Waals surface area contributed by atoms with Gasteiger partial charge in [-0.05, 0) is 32.9 Å². The van der Waals surface area contributed by atoms with Crippen molar-refractivity contribution in [3.05, 3.63) is 39.6 Å². The van der Waals surface area contributed by atoms with Crippen LogP contribution in [0.5, 0.6) is 0 Å². The van der Waals surface area contributed by atoms with Gasteiger partial charge in [0.25, 0.3) is 0 Å². The van der Waals surface area contributed by atoms with Gasteiger partial charge in [0, 0.05) is 29.6 Å². The Morgan fingerprint density at radius 2 is 1.93 bits per heavy atom. The predicted molar refractivity (Wildman–Crippen MR) is 112 cm³/mol. The number of carbonyl (C=O) groups is 3. The normalized spacial score (nSPS) is 13.2. The van der Waals surface area contributed by atoms with Gasteiger partial charge in [0.15, 0.2) is 0 Å². The van der Waals surface area contributed by atoms with Crippen LogP contribution in [0.3, 0.4) is 0 Å². The second kappa shape index (κ2) is 10.4. The summed E-state index contributed by atoms with van der Waals surface area (Å²) in [4.78, 5) is 45.0. The van der Waals surface area contributed by atoms with Crippen LogP contribution < -0.4 is 10.6 Å². The number of alkyl carbamates (subject to hydrolysis) is 1. The summed E-state index contributed by atoms with van der Waals surface area (Å²) in [6, 6.07) is 1.53. The Balaban J connectivity index is 2.15. The largest absolute Gasteiger partial charge is 0.467 e. The first-order valence-electron chi connectivity index (χ1n) is 9.16. The zero-order valence-corrected chi connectivity index (χ0v) is 18.7. The van der Waals surface area contributed by atoms with Gasteiger partial charge in [-0.15, -0.1) is 11.3 Å². The molecule has 0 saturated heterocycles. The number of rotatable bonds is 8. The summed E-state index contributed by atoms with van der Waals surface area (Å²) in [5.41, 5.74) is -0.0839. The molecule has 0 saturated carbocycles. The zero-order chi connectivity index (χ0) is 22.3. The highest BCUT2D eigenvalue weighted by molar-refractivity contribution is 7.16. The molecule has 30 heavy (non-hydrogen) atoms. The fourth-order valence-electron chi connectivity index (χ4n) is 2.55. The summed E-state index contributed by atoms with van der Waals surface area (Å²) in [5, 5.41) is 5.21. The van der Waals surface area contributed by atoms with Gasteiger partial charge in [0.05, 0.1) is 17.8 Å². The van der Waals surface area contributed by atoms with Crippen LogP contribution >= 0.6 is 22.9 Å². The Morgan fingerprint density at radius 3 is 2.47 bits per heavy atom. The van der Waals surface area contributed by atoms with Crippen molar-refractivity contribution in [3.8, 4) is 0 Å². The maximum atomic E-state index is 13.0. The minimum atomic E-state index is -0.983. The van der Waals surface area contributed by atoms with Crippen LogP contribution in [0.25, 0.3) is 0 Å². The molecule has 2 rings (SSSR count). The molecule has 11 heteroatoms. The van der Waals surface area contributed by atoms with E-state index in [2.05, 4.69) is 20.6 Å². The van der Waals surface area contributed by atoms with Gasteiger partial charge >= 0.3 is 12.1 Å². The number of hydrogen-bond acceptors (Lipinski definition) is 7. The molecule has 0 aliphatic carbocycles. The van der Waals surface area contributed by atoms with E-state index in [-0.39, 0.29) is 12.8 Å². The lowest BCUT2D eigenvalue weighted by atomic mass is 10.1. The molecule has 2 atom stereocenters. The third-order valence-corrected chi connectivity index (χ3v) is 5.08. The van der Waals surface area contributed by atoms with E-state index in [9.17, 15) is 14.4 Å². The lowest BCUT2D eigenvalue weighted by molar-refractivity contribution is -0.145. The molecule has 9 nitrogen and oxygen atoms in total. The van der Waals surface area contributed by atoms with E-state index >= 15 is 0 Å². The standard InChI is InChI=1S/C19H25ClN4O5S/c1-19(2,3)29-18(27)24-13(8-12-5-6-15(20)30-12)16(25)23-14(17(26)28-4)7-11-9-21-10-22-11/h5-6,9-10,13-14H,7-8H2,1-4H3,(H,21,22)(H,23,25)(H,24,27)/t13-,14-/m0/s1. The number of methoxy groups -OCH3 is 1. The van der Waals surface area contributed by atoms with Crippen molar-refractivity contribution in [1.29, 1.82) is 0 Å². The van der Waals surface area contributed by atoms with E-state index < -0.39 is 35.7 Å². The molecule has 2 amide bonds. The van der Waals surface area contributed by atoms with Gasteiger partial charge in [-0.2, -0.15) is 0 Å². The summed E-state index contributed by atoms with van der Waals surface area (Å²) < 4.78 is 10.6. The van der Waals surface area contributed by atoms with Crippen LogP contribution in [0.4, 0.5) is 4.79 Å². The van der Waals surface area contributed by atoms with Crippen LogP contribution in [0.15, 0.2) is 24.7 Å². The van der Waals surface area contributed by atoms with Crippen molar-refractivity contribution in [2.45, 2.75) is 51.3 Å². The lowest BCUT2D eigenvalue weighted by Gasteiger charge is -2.24. The molecule has 2 aromatic heterocycles. The number of aromatic amines is 1. The number of imidazole rings is 1. The second-order valence-corrected chi connectivity index (χ2v) is 9.27. The quantitative estimate of drug-likeness (QED) is 0.524. The van der Waals surface area contributed by atoms with Crippen molar-refractivity contribution in [2.75, 3.05) is 7.11 Å². The lowest BCUT2D eigenvalue weighted by Crippen LogP contribution is -2.53. The monoisotopic (exact) mass is 456 g/mol. The number of thiophene rings is 1. The Hall–Kier alpha value is -2.59. The number of hydrogen-bond donors (Lipinski definition) is 3. The van der Waals surface area contributed by atoms with Gasteiger partial charge in [0.2, 0.25) is 5.91 Å². The second-order valence-electron chi connectivity index (χ2n) is 7.47. The highest BCUT2D eigenvalue weighted by Crippen LogP contribution is 2.23. The van der Waals surface area contributed by atoms with Crippen LogP contribution in [-0.4, -0.2) is 52.7 Å². The Morgan fingerprint density at radius 1 is 1.20 bits per heavy atom. The van der Waals surface area contributed by atoms with Gasteiger partial charge < -0.3 is 25.1 Å². The van der Waals surface area contributed by atoms with Gasteiger partial charge in [-0.1, -0.05) is 11.6 Å². The molecular formula is C19H25ClN4O5S. The van der Waals surface area contributed by atoms with Crippen molar-refractivity contribution < 1.29 is 23.9 Å². The molecule has 2 aromatic rings. The number of nitrogens with zero attached hydrogens (tertiary/aromatic N) is 1. The third-order valence-electron chi connectivity index (χ3n) is 3.82. The van der Waals surface area contributed by atoms with E-state index in [1.165, 1.54) is 24.8 Å². The Labute approximate surface area is 183 Å². The van der Waals surface area contributed by atoms with Crippen LogP contribution in [0, 0.1) is 0 Å². The highest BCUT2D eigenvalue weighted by Gasteiger charge is 2.29. The molecular weight excluding hydrogens is 432 g/mol. The summed E-state index contributed by atoms with van der Waals surface area (Å²) >= 11 is 7.27.